The molecule has 32 heavy (non-hydrogen) atoms. The van der Waals surface area contributed by atoms with Gasteiger partial charge < -0.3 is 14.4 Å². The highest BCUT2D eigenvalue weighted by atomic mass is 35.5. The molecule has 2 heterocycles. The van der Waals surface area contributed by atoms with Crippen molar-refractivity contribution in [2.45, 2.75) is 12.6 Å². The normalized spacial score (nSPS) is 20.3. The van der Waals surface area contributed by atoms with Crippen molar-refractivity contribution in [2.75, 3.05) is 59.1 Å². The smallest absolute Gasteiger partial charge is 0.260 e. The maximum atomic E-state index is 13.3. The van der Waals surface area contributed by atoms with E-state index in [4.69, 9.17) is 21.1 Å². The van der Waals surface area contributed by atoms with Crippen molar-refractivity contribution >= 4 is 17.5 Å². The Morgan fingerprint density at radius 3 is 2.47 bits per heavy atom. The molecular formula is C24H29ClFN3O3. The number of rotatable bonds is 7. The summed E-state index contributed by atoms with van der Waals surface area (Å²) in [6.07, 6.45) is 0. The first kappa shape index (κ1) is 23.0. The molecule has 0 radical (unpaired) electrons. The lowest BCUT2D eigenvalue weighted by Crippen LogP contribution is -2.59. The molecule has 2 aromatic rings. The first-order valence-corrected chi connectivity index (χ1v) is 11.4. The fourth-order valence-electron chi connectivity index (χ4n) is 4.17. The molecule has 172 valence electrons. The molecule has 6 nitrogen and oxygen atoms in total. The predicted octanol–water partition coefficient (Wildman–Crippen LogP) is 2.90. The third-order valence-electron chi connectivity index (χ3n) is 6.00. The zero-order valence-electron chi connectivity index (χ0n) is 18.1. The van der Waals surface area contributed by atoms with Crippen molar-refractivity contribution in [1.82, 2.24) is 14.7 Å². The second-order valence-electron chi connectivity index (χ2n) is 8.25. The van der Waals surface area contributed by atoms with Gasteiger partial charge in [-0.05, 0) is 42.0 Å². The Morgan fingerprint density at radius 1 is 1.03 bits per heavy atom. The van der Waals surface area contributed by atoms with Gasteiger partial charge in [-0.2, -0.15) is 0 Å². The van der Waals surface area contributed by atoms with Crippen molar-refractivity contribution in [3.05, 3.63) is 64.9 Å². The van der Waals surface area contributed by atoms with E-state index in [2.05, 4.69) is 9.80 Å². The number of hydrogen-bond donors (Lipinski definition) is 0. The summed E-state index contributed by atoms with van der Waals surface area (Å²) in [5.74, 6) is 0.380. The van der Waals surface area contributed by atoms with Crippen LogP contribution in [0.2, 0.25) is 5.02 Å². The van der Waals surface area contributed by atoms with Crippen LogP contribution in [0.1, 0.15) is 5.56 Å². The minimum atomic E-state index is -0.227. The quantitative estimate of drug-likeness (QED) is 0.634. The highest BCUT2D eigenvalue weighted by Crippen LogP contribution is 2.18. The zero-order valence-corrected chi connectivity index (χ0v) is 18.8. The van der Waals surface area contributed by atoms with Crippen LogP contribution >= 0.6 is 11.6 Å². The molecule has 0 aliphatic carbocycles. The molecule has 0 N–H and O–H groups in total. The number of benzene rings is 2. The first-order valence-electron chi connectivity index (χ1n) is 11.0. The van der Waals surface area contributed by atoms with Gasteiger partial charge in [0, 0.05) is 56.9 Å². The number of halogens is 2. The van der Waals surface area contributed by atoms with Crippen molar-refractivity contribution in [1.29, 1.82) is 0 Å². The summed E-state index contributed by atoms with van der Waals surface area (Å²) in [5.41, 5.74) is 1.07. The minimum absolute atomic E-state index is 0.00384. The molecule has 8 heteroatoms. The molecule has 0 spiro atoms. The number of ether oxygens (including phenoxy) is 2. The molecule has 1 atom stereocenters. The molecule has 2 aromatic carbocycles. The summed E-state index contributed by atoms with van der Waals surface area (Å²) in [6, 6.07) is 13.9. The lowest BCUT2D eigenvalue weighted by Gasteiger charge is -2.43. The van der Waals surface area contributed by atoms with Crippen LogP contribution in [-0.4, -0.2) is 85.7 Å². The lowest BCUT2D eigenvalue weighted by molar-refractivity contribution is -0.137. The molecule has 1 amide bonds. The fourth-order valence-corrected chi connectivity index (χ4v) is 4.30. The Morgan fingerprint density at radius 2 is 1.75 bits per heavy atom. The van der Waals surface area contributed by atoms with E-state index in [0.29, 0.717) is 23.9 Å². The van der Waals surface area contributed by atoms with E-state index in [1.54, 1.807) is 24.3 Å². The molecule has 0 saturated carbocycles. The van der Waals surface area contributed by atoms with Gasteiger partial charge in [-0.1, -0.05) is 23.7 Å². The van der Waals surface area contributed by atoms with Crippen molar-refractivity contribution in [3.8, 4) is 5.75 Å². The fraction of sp³-hybridized carbons (Fsp3) is 0.458. The molecular weight excluding hydrogens is 433 g/mol. The number of amides is 1. The number of morpholine rings is 1. The SMILES string of the molecule is O=C(COc1ccc(Cl)cc1)N1CCN(Cc2ccc(F)cc2)[C@@H](CN2CCOCC2)C1. The van der Waals surface area contributed by atoms with Gasteiger partial charge in [0.15, 0.2) is 6.61 Å². The average Bonchev–Trinajstić information content (AvgIpc) is 2.82. The van der Waals surface area contributed by atoms with E-state index in [1.165, 1.54) is 12.1 Å². The molecule has 2 aliphatic heterocycles. The summed E-state index contributed by atoms with van der Waals surface area (Å²) in [7, 11) is 0. The monoisotopic (exact) mass is 461 g/mol. The predicted molar refractivity (Wildman–Crippen MR) is 121 cm³/mol. The van der Waals surface area contributed by atoms with E-state index in [-0.39, 0.29) is 24.4 Å². The Hall–Kier alpha value is -2.19. The minimum Gasteiger partial charge on any atom is -0.484 e. The van der Waals surface area contributed by atoms with Gasteiger partial charge in [0.25, 0.3) is 5.91 Å². The van der Waals surface area contributed by atoms with Gasteiger partial charge in [0.1, 0.15) is 11.6 Å². The number of nitrogens with zero attached hydrogens (tertiary/aromatic N) is 3. The summed E-state index contributed by atoms with van der Waals surface area (Å²) in [5, 5.41) is 0.631. The van der Waals surface area contributed by atoms with Crippen LogP contribution < -0.4 is 4.74 Å². The van der Waals surface area contributed by atoms with Crippen molar-refractivity contribution < 1.29 is 18.7 Å². The molecule has 2 aliphatic rings. The Balaban J connectivity index is 1.38. The molecule has 0 unspecified atom stereocenters. The number of hydrogen-bond acceptors (Lipinski definition) is 5. The van der Waals surface area contributed by atoms with Gasteiger partial charge in [0.2, 0.25) is 0 Å². The van der Waals surface area contributed by atoms with Gasteiger partial charge in [0.05, 0.1) is 13.2 Å². The van der Waals surface area contributed by atoms with E-state index in [9.17, 15) is 9.18 Å². The van der Waals surface area contributed by atoms with E-state index >= 15 is 0 Å². The van der Waals surface area contributed by atoms with Gasteiger partial charge in [-0.25, -0.2) is 4.39 Å². The van der Waals surface area contributed by atoms with Gasteiger partial charge in [-0.3, -0.25) is 14.6 Å². The van der Waals surface area contributed by atoms with Crippen LogP contribution in [-0.2, 0) is 16.1 Å². The molecule has 2 saturated heterocycles. The van der Waals surface area contributed by atoms with E-state index < -0.39 is 0 Å². The summed E-state index contributed by atoms with van der Waals surface area (Å²) >= 11 is 5.91. The summed E-state index contributed by atoms with van der Waals surface area (Å²) < 4.78 is 24.5. The van der Waals surface area contributed by atoms with Crippen LogP contribution in [0.3, 0.4) is 0 Å². The summed E-state index contributed by atoms with van der Waals surface area (Å²) in [4.78, 5) is 19.5. The second kappa shape index (κ2) is 11.1. The van der Waals surface area contributed by atoms with E-state index in [1.807, 2.05) is 17.0 Å². The Kier molecular flexibility index (Phi) is 7.97. The Labute approximate surface area is 193 Å². The van der Waals surface area contributed by atoms with Crippen LogP contribution in [0.4, 0.5) is 4.39 Å². The molecule has 0 bridgehead atoms. The third kappa shape index (κ3) is 6.42. The highest BCUT2D eigenvalue weighted by Gasteiger charge is 2.31. The number of piperazine rings is 1. The van der Waals surface area contributed by atoms with Crippen LogP contribution in [0.5, 0.6) is 5.75 Å². The van der Waals surface area contributed by atoms with Crippen molar-refractivity contribution in [2.24, 2.45) is 0 Å². The zero-order chi connectivity index (χ0) is 22.3. The highest BCUT2D eigenvalue weighted by molar-refractivity contribution is 6.30. The first-order chi connectivity index (χ1) is 15.6. The second-order valence-corrected chi connectivity index (χ2v) is 8.68. The van der Waals surface area contributed by atoms with Gasteiger partial charge >= 0.3 is 0 Å². The van der Waals surface area contributed by atoms with Crippen LogP contribution in [0.25, 0.3) is 0 Å². The maximum Gasteiger partial charge on any atom is 0.260 e. The number of carbonyl (C=O) groups excluding carboxylic acids is 1. The molecule has 0 aromatic heterocycles. The topological polar surface area (TPSA) is 45.2 Å². The number of carbonyl (C=O) groups is 1. The van der Waals surface area contributed by atoms with E-state index in [0.717, 1.165) is 51.5 Å². The maximum absolute atomic E-state index is 13.3. The Bertz CT molecular complexity index is 875. The standard InChI is InChI=1S/C24H29ClFN3O3/c25-20-3-7-23(8-4-20)32-18-24(30)29-10-9-28(15-19-1-5-21(26)6-2-19)22(17-29)16-27-11-13-31-14-12-27/h1-8,22H,9-18H2/t22-/m0/s1. The molecule has 4 rings (SSSR count). The van der Waals surface area contributed by atoms with Crippen LogP contribution in [0.15, 0.2) is 48.5 Å². The largest absolute Gasteiger partial charge is 0.484 e. The summed E-state index contributed by atoms with van der Waals surface area (Å²) in [6.45, 7) is 6.92. The van der Waals surface area contributed by atoms with Gasteiger partial charge in [-0.15, -0.1) is 0 Å². The molecule has 2 fully saturated rings. The third-order valence-corrected chi connectivity index (χ3v) is 6.26. The van der Waals surface area contributed by atoms with Crippen LogP contribution in [0, 0.1) is 5.82 Å². The average molecular weight is 462 g/mol. The lowest BCUT2D eigenvalue weighted by atomic mass is 10.1. The van der Waals surface area contributed by atoms with Crippen molar-refractivity contribution in [3.63, 3.8) is 0 Å².